The standard InChI is InChI=1S/C16H24N4O2/c1-11-7-17-16(21-11)10-19(4)14-5-6-20(8-14)9-15-12(2)18-22-13(15)3/h7,14H,5-6,8-10H2,1-4H3/t14-/m0/s1. The number of hydrogen-bond acceptors (Lipinski definition) is 6. The van der Waals surface area contributed by atoms with E-state index in [4.69, 9.17) is 8.94 Å². The van der Waals surface area contributed by atoms with Gasteiger partial charge in [0.15, 0.2) is 0 Å². The molecule has 120 valence electrons. The van der Waals surface area contributed by atoms with E-state index in [1.807, 2.05) is 20.8 Å². The maximum Gasteiger partial charge on any atom is 0.208 e. The molecule has 0 radical (unpaired) electrons. The van der Waals surface area contributed by atoms with E-state index in [9.17, 15) is 0 Å². The predicted octanol–water partition coefficient (Wildman–Crippen LogP) is 2.29. The molecule has 6 heteroatoms. The highest BCUT2D eigenvalue weighted by molar-refractivity contribution is 5.20. The van der Waals surface area contributed by atoms with Crippen molar-refractivity contribution in [3.05, 3.63) is 34.9 Å². The normalized spacial score (nSPS) is 19.4. The van der Waals surface area contributed by atoms with Crippen molar-refractivity contribution in [1.82, 2.24) is 19.9 Å². The lowest BCUT2D eigenvalue weighted by atomic mass is 10.2. The number of nitrogens with zero attached hydrogens (tertiary/aromatic N) is 4. The lowest BCUT2D eigenvalue weighted by Crippen LogP contribution is -2.34. The van der Waals surface area contributed by atoms with Crippen LogP contribution in [0.4, 0.5) is 0 Å². The average molecular weight is 304 g/mol. The largest absolute Gasteiger partial charge is 0.445 e. The lowest BCUT2D eigenvalue weighted by molar-refractivity contribution is 0.204. The highest BCUT2D eigenvalue weighted by Gasteiger charge is 2.27. The van der Waals surface area contributed by atoms with Gasteiger partial charge in [-0.25, -0.2) is 4.98 Å². The van der Waals surface area contributed by atoms with Crippen molar-refractivity contribution >= 4 is 0 Å². The monoisotopic (exact) mass is 304 g/mol. The van der Waals surface area contributed by atoms with Crippen LogP contribution in [-0.4, -0.2) is 46.1 Å². The van der Waals surface area contributed by atoms with E-state index in [0.29, 0.717) is 6.04 Å². The summed E-state index contributed by atoms with van der Waals surface area (Å²) in [6.07, 6.45) is 2.95. The first kappa shape index (κ1) is 15.2. The topological polar surface area (TPSA) is 58.5 Å². The lowest BCUT2D eigenvalue weighted by Gasteiger charge is -2.23. The van der Waals surface area contributed by atoms with Gasteiger partial charge < -0.3 is 8.94 Å². The van der Waals surface area contributed by atoms with Crippen LogP contribution in [0.1, 0.15) is 35.1 Å². The Balaban J connectivity index is 1.55. The smallest absolute Gasteiger partial charge is 0.208 e. The molecule has 1 aliphatic rings. The molecule has 1 fully saturated rings. The first-order chi connectivity index (χ1) is 10.5. The van der Waals surface area contributed by atoms with Crippen LogP contribution in [-0.2, 0) is 13.1 Å². The van der Waals surface area contributed by atoms with Crippen molar-refractivity contribution in [2.75, 3.05) is 20.1 Å². The zero-order valence-electron chi connectivity index (χ0n) is 13.8. The van der Waals surface area contributed by atoms with Crippen molar-refractivity contribution in [3.8, 4) is 0 Å². The maximum atomic E-state index is 5.57. The third-order valence-corrected chi connectivity index (χ3v) is 4.49. The molecule has 1 atom stereocenters. The summed E-state index contributed by atoms with van der Waals surface area (Å²) in [5, 5.41) is 4.04. The zero-order chi connectivity index (χ0) is 15.7. The summed E-state index contributed by atoms with van der Waals surface area (Å²) in [4.78, 5) is 9.09. The molecule has 3 rings (SSSR count). The molecule has 6 nitrogen and oxygen atoms in total. The summed E-state index contributed by atoms with van der Waals surface area (Å²) in [7, 11) is 2.14. The molecular formula is C16H24N4O2. The van der Waals surface area contributed by atoms with Gasteiger partial charge in [-0.2, -0.15) is 0 Å². The van der Waals surface area contributed by atoms with Crippen LogP contribution in [0.15, 0.2) is 15.1 Å². The van der Waals surface area contributed by atoms with Gasteiger partial charge in [0, 0.05) is 31.2 Å². The van der Waals surface area contributed by atoms with E-state index < -0.39 is 0 Å². The molecule has 0 amide bonds. The van der Waals surface area contributed by atoms with Gasteiger partial charge in [0.1, 0.15) is 11.5 Å². The van der Waals surface area contributed by atoms with Crippen molar-refractivity contribution in [1.29, 1.82) is 0 Å². The van der Waals surface area contributed by atoms with Crippen LogP contribution in [0.25, 0.3) is 0 Å². The Morgan fingerprint density at radius 1 is 1.36 bits per heavy atom. The molecule has 0 bridgehead atoms. The van der Waals surface area contributed by atoms with E-state index in [-0.39, 0.29) is 0 Å². The third kappa shape index (κ3) is 3.23. The molecular weight excluding hydrogens is 280 g/mol. The quantitative estimate of drug-likeness (QED) is 0.845. The Morgan fingerprint density at radius 2 is 2.18 bits per heavy atom. The first-order valence-electron chi connectivity index (χ1n) is 7.78. The predicted molar refractivity (Wildman–Crippen MR) is 82.4 cm³/mol. The number of aromatic nitrogens is 2. The highest BCUT2D eigenvalue weighted by Crippen LogP contribution is 2.21. The number of oxazole rings is 1. The molecule has 0 unspecified atom stereocenters. The van der Waals surface area contributed by atoms with E-state index >= 15 is 0 Å². The van der Waals surface area contributed by atoms with Gasteiger partial charge in [-0.3, -0.25) is 9.80 Å². The van der Waals surface area contributed by atoms with Gasteiger partial charge in [-0.05, 0) is 34.2 Å². The number of hydrogen-bond donors (Lipinski definition) is 0. The minimum Gasteiger partial charge on any atom is -0.445 e. The summed E-state index contributed by atoms with van der Waals surface area (Å²) in [5.74, 6) is 2.60. The fraction of sp³-hybridized carbons (Fsp3) is 0.625. The van der Waals surface area contributed by atoms with Crippen LogP contribution >= 0.6 is 0 Å². The Kier molecular flexibility index (Phi) is 4.31. The molecule has 0 spiro atoms. The first-order valence-corrected chi connectivity index (χ1v) is 7.78. The van der Waals surface area contributed by atoms with Crippen molar-refractivity contribution in [2.45, 2.75) is 46.3 Å². The third-order valence-electron chi connectivity index (χ3n) is 4.49. The van der Waals surface area contributed by atoms with Crippen LogP contribution in [0.2, 0.25) is 0 Å². The van der Waals surface area contributed by atoms with Crippen LogP contribution in [0.3, 0.4) is 0 Å². The van der Waals surface area contributed by atoms with E-state index in [1.165, 1.54) is 12.0 Å². The van der Waals surface area contributed by atoms with Gasteiger partial charge in [-0.15, -0.1) is 0 Å². The number of likely N-dealkylation sites (N-methyl/N-ethyl adjacent to an activating group) is 1. The molecule has 1 saturated heterocycles. The minimum absolute atomic E-state index is 0.535. The summed E-state index contributed by atoms with van der Waals surface area (Å²) in [6, 6.07) is 0.535. The van der Waals surface area contributed by atoms with Crippen LogP contribution < -0.4 is 0 Å². The molecule has 1 aliphatic heterocycles. The van der Waals surface area contributed by atoms with Gasteiger partial charge in [0.25, 0.3) is 0 Å². The van der Waals surface area contributed by atoms with Gasteiger partial charge in [0.05, 0.1) is 18.4 Å². The Bertz CT molecular complexity index is 614. The Hall–Kier alpha value is -1.66. The number of rotatable bonds is 5. The summed E-state index contributed by atoms with van der Waals surface area (Å²) in [5.41, 5.74) is 2.23. The molecule has 0 aliphatic carbocycles. The molecule has 0 N–H and O–H groups in total. The second-order valence-electron chi connectivity index (χ2n) is 6.26. The minimum atomic E-state index is 0.535. The van der Waals surface area contributed by atoms with Gasteiger partial charge in [0.2, 0.25) is 5.89 Å². The second kappa shape index (κ2) is 6.22. The molecule has 0 saturated carbocycles. The number of aryl methyl sites for hydroxylation is 3. The fourth-order valence-corrected chi connectivity index (χ4v) is 3.08. The van der Waals surface area contributed by atoms with Crippen molar-refractivity contribution < 1.29 is 8.94 Å². The Labute approximate surface area is 131 Å². The summed E-state index contributed by atoms with van der Waals surface area (Å²) < 4.78 is 10.8. The number of likely N-dealkylation sites (tertiary alicyclic amines) is 1. The van der Waals surface area contributed by atoms with Crippen LogP contribution in [0, 0.1) is 20.8 Å². The highest BCUT2D eigenvalue weighted by atomic mass is 16.5. The molecule has 22 heavy (non-hydrogen) atoms. The van der Waals surface area contributed by atoms with Gasteiger partial charge in [-0.1, -0.05) is 5.16 Å². The van der Waals surface area contributed by atoms with E-state index in [1.54, 1.807) is 6.20 Å². The molecule has 3 heterocycles. The van der Waals surface area contributed by atoms with Crippen molar-refractivity contribution in [3.63, 3.8) is 0 Å². The van der Waals surface area contributed by atoms with Crippen molar-refractivity contribution in [2.24, 2.45) is 0 Å². The molecule has 0 aromatic carbocycles. The zero-order valence-corrected chi connectivity index (χ0v) is 13.8. The van der Waals surface area contributed by atoms with E-state index in [0.717, 1.165) is 49.3 Å². The maximum absolute atomic E-state index is 5.57. The Morgan fingerprint density at radius 3 is 2.82 bits per heavy atom. The SMILES string of the molecule is Cc1cnc(CN(C)[C@H]2CCN(Cc3c(C)noc3C)C2)o1. The summed E-state index contributed by atoms with van der Waals surface area (Å²) >= 11 is 0. The molecule has 2 aromatic heterocycles. The summed E-state index contributed by atoms with van der Waals surface area (Å²) in [6.45, 7) is 9.76. The molecule has 2 aromatic rings. The second-order valence-corrected chi connectivity index (χ2v) is 6.26. The van der Waals surface area contributed by atoms with Gasteiger partial charge >= 0.3 is 0 Å². The van der Waals surface area contributed by atoms with E-state index in [2.05, 4.69) is 27.0 Å². The van der Waals surface area contributed by atoms with Crippen LogP contribution in [0.5, 0.6) is 0 Å². The fourth-order valence-electron chi connectivity index (χ4n) is 3.08. The average Bonchev–Trinajstić information content (AvgIpc) is 3.17.